The molecular weight excluding hydrogens is 320 g/mol. The first-order valence-corrected chi connectivity index (χ1v) is 9.32. The van der Waals surface area contributed by atoms with Crippen LogP contribution >= 0.6 is 0 Å². The van der Waals surface area contributed by atoms with Crippen LogP contribution in [-0.2, 0) is 16.4 Å². The number of aryl methyl sites for hydroxylation is 1. The highest BCUT2D eigenvalue weighted by Crippen LogP contribution is 2.42. The number of hydrogen-bond acceptors (Lipinski definition) is 3. The molecule has 3 aromatic rings. The Bertz CT molecular complexity index is 1040. The molecule has 5 heteroatoms. The van der Waals surface area contributed by atoms with Crippen molar-refractivity contribution in [3.63, 3.8) is 0 Å². The lowest BCUT2D eigenvalue weighted by atomic mass is 10.0. The Kier molecular flexibility index (Phi) is 3.28. The van der Waals surface area contributed by atoms with E-state index >= 15 is 0 Å². The lowest BCUT2D eigenvalue weighted by Gasteiger charge is -2.21. The number of nitrogen functional groups attached to an aromatic ring is 1. The number of nitrogens with two attached hydrogens (primary N) is 1. The molecule has 0 aliphatic carbocycles. The van der Waals surface area contributed by atoms with Gasteiger partial charge in [0.15, 0.2) is 0 Å². The molecule has 3 aromatic carbocycles. The van der Waals surface area contributed by atoms with Crippen molar-refractivity contribution in [2.24, 2.45) is 0 Å². The molecule has 1 aliphatic heterocycles. The molecule has 2 N–H and O–H groups in total. The van der Waals surface area contributed by atoms with Crippen LogP contribution in [0.4, 0.5) is 11.4 Å². The van der Waals surface area contributed by atoms with Gasteiger partial charge >= 0.3 is 0 Å². The average molecular weight is 338 g/mol. The molecule has 0 saturated heterocycles. The van der Waals surface area contributed by atoms with Crippen molar-refractivity contribution < 1.29 is 8.42 Å². The van der Waals surface area contributed by atoms with Crippen LogP contribution in [0, 0.1) is 6.92 Å². The number of benzene rings is 3. The van der Waals surface area contributed by atoms with E-state index in [0.29, 0.717) is 23.5 Å². The summed E-state index contributed by atoms with van der Waals surface area (Å²) in [5.74, 6) is 0. The van der Waals surface area contributed by atoms with Gasteiger partial charge in [-0.25, -0.2) is 8.42 Å². The van der Waals surface area contributed by atoms with Crippen LogP contribution in [0.3, 0.4) is 0 Å². The molecule has 1 aliphatic rings. The second-order valence-corrected chi connectivity index (χ2v) is 8.02. The first kappa shape index (κ1) is 15.0. The Morgan fingerprint density at radius 3 is 2.50 bits per heavy atom. The van der Waals surface area contributed by atoms with Gasteiger partial charge in [-0.2, -0.15) is 0 Å². The summed E-state index contributed by atoms with van der Waals surface area (Å²) in [6.07, 6.45) is 0.636. The largest absolute Gasteiger partial charge is 0.398 e. The van der Waals surface area contributed by atoms with Crippen LogP contribution in [0.15, 0.2) is 59.5 Å². The quantitative estimate of drug-likeness (QED) is 0.728. The average Bonchev–Trinajstić information content (AvgIpc) is 3.02. The number of rotatable bonds is 2. The van der Waals surface area contributed by atoms with Gasteiger partial charge in [0.1, 0.15) is 0 Å². The highest BCUT2D eigenvalue weighted by atomic mass is 32.2. The van der Waals surface area contributed by atoms with E-state index in [9.17, 15) is 8.42 Å². The van der Waals surface area contributed by atoms with Crippen molar-refractivity contribution in [3.8, 4) is 0 Å². The third-order valence-electron chi connectivity index (χ3n) is 4.58. The second-order valence-electron chi connectivity index (χ2n) is 6.15. The topological polar surface area (TPSA) is 63.4 Å². The Morgan fingerprint density at radius 2 is 1.75 bits per heavy atom. The SMILES string of the molecule is Cc1ccc(S(=O)(=O)N2CCc3c(N)cc4ccccc4c32)cc1. The van der Waals surface area contributed by atoms with Gasteiger partial charge < -0.3 is 5.73 Å². The summed E-state index contributed by atoms with van der Waals surface area (Å²) in [4.78, 5) is 0.312. The third-order valence-corrected chi connectivity index (χ3v) is 6.40. The summed E-state index contributed by atoms with van der Waals surface area (Å²) < 4.78 is 27.8. The molecule has 24 heavy (non-hydrogen) atoms. The van der Waals surface area contributed by atoms with E-state index < -0.39 is 10.0 Å². The molecule has 0 saturated carbocycles. The summed E-state index contributed by atoms with van der Waals surface area (Å²) in [6, 6.07) is 16.7. The van der Waals surface area contributed by atoms with Gasteiger partial charge in [-0.15, -0.1) is 0 Å². The van der Waals surface area contributed by atoms with Crippen LogP contribution in [0.5, 0.6) is 0 Å². The van der Waals surface area contributed by atoms with Gasteiger partial charge in [0.25, 0.3) is 10.0 Å². The summed E-state index contributed by atoms with van der Waals surface area (Å²) in [6.45, 7) is 2.36. The van der Waals surface area contributed by atoms with E-state index in [1.54, 1.807) is 12.1 Å². The highest BCUT2D eigenvalue weighted by molar-refractivity contribution is 7.92. The van der Waals surface area contributed by atoms with Gasteiger partial charge in [0, 0.05) is 23.2 Å². The molecule has 0 aromatic heterocycles. The Morgan fingerprint density at radius 1 is 1.04 bits per heavy atom. The first-order valence-electron chi connectivity index (χ1n) is 7.88. The zero-order valence-corrected chi connectivity index (χ0v) is 14.2. The minimum Gasteiger partial charge on any atom is -0.398 e. The zero-order chi connectivity index (χ0) is 16.9. The molecular formula is C19H18N2O2S. The van der Waals surface area contributed by atoms with Gasteiger partial charge in [-0.05, 0) is 36.9 Å². The number of sulfonamides is 1. The number of nitrogens with zero attached hydrogens (tertiary/aromatic N) is 1. The molecule has 0 amide bonds. The molecule has 0 radical (unpaired) electrons. The molecule has 122 valence electrons. The Hall–Kier alpha value is -2.53. The fourth-order valence-corrected chi connectivity index (χ4v) is 4.86. The van der Waals surface area contributed by atoms with Crippen LogP contribution in [0.25, 0.3) is 10.8 Å². The van der Waals surface area contributed by atoms with Crippen LogP contribution in [-0.4, -0.2) is 15.0 Å². The molecule has 0 unspecified atom stereocenters. The van der Waals surface area contributed by atoms with Crippen LogP contribution < -0.4 is 10.0 Å². The number of hydrogen-bond donors (Lipinski definition) is 1. The maximum Gasteiger partial charge on any atom is 0.264 e. The van der Waals surface area contributed by atoms with Crippen LogP contribution in [0.2, 0.25) is 0 Å². The van der Waals surface area contributed by atoms with E-state index in [1.165, 1.54) is 4.31 Å². The van der Waals surface area contributed by atoms with Gasteiger partial charge in [-0.3, -0.25) is 4.31 Å². The number of anilines is 2. The van der Waals surface area contributed by atoms with Crippen molar-refractivity contribution >= 4 is 32.2 Å². The summed E-state index contributed by atoms with van der Waals surface area (Å²) in [5.41, 5.74) is 9.52. The van der Waals surface area contributed by atoms with Crippen molar-refractivity contribution in [2.75, 3.05) is 16.6 Å². The first-order chi connectivity index (χ1) is 11.5. The summed E-state index contributed by atoms with van der Waals surface area (Å²) >= 11 is 0. The Balaban J connectivity index is 1.94. The van der Waals surface area contributed by atoms with Crippen molar-refractivity contribution in [3.05, 3.63) is 65.7 Å². The van der Waals surface area contributed by atoms with Crippen LogP contribution in [0.1, 0.15) is 11.1 Å². The lowest BCUT2D eigenvalue weighted by Crippen LogP contribution is -2.29. The van der Waals surface area contributed by atoms with E-state index in [1.807, 2.05) is 49.4 Å². The standard InChI is InChI=1S/C19H18N2O2S/c1-13-6-8-15(9-7-13)24(22,23)21-11-10-17-18(20)12-14-4-2-3-5-16(14)19(17)21/h2-9,12H,10-11,20H2,1H3. The van der Waals surface area contributed by atoms with E-state index in [-0.39, 0.29) is 0 Å². The third kappa shape index (κ3) is 2.16. The summed E-state index contributed by atoms with van der Waals surface area (Å²) in [5, 5.41) is 1.88. The van der Waals surface area contributed by atoms with E-state index in [2.05, 4.69) is 0 Å². The monoisotopic (exact) mass is 338 g/mol. The Labute approximate surface area is 141 Å². The number of fused-ring (bicyclic) bond motifs is 3. The summed E-state index contributed by atoms with van der Waals surface area (Å²) in [7, 11) is -3.60. The van der Waals surface area contributed by atoms with E-state index in [0.717, 1.165) is 27.6 Å². The maximum absolute atomic E-state index is 13.1. The molecule has 4 nitrogen and oxygen atoms in total. The normalized spacial score (nSPS) is 14.1. The predicted octanol–water partition coefficient (Wildman–Crippen LogP) is 3.48. The maximum atomic E-state index is 13.1. The minimum absolute atomic E-state index is 0.312. The van der Waals surface area contributed by atoms with Gasteiger partial charge in [0.2, 0.25) is 0 Å². The molecule has 0 bridgehead atoms. The molecule has 0 spiro atoms. The smallest absolute Gasteiger partial charge is 0.264 e. The van der Waals surface area contributed by atoms with Gasteiger partial charge in [0.05, 0.1) is 10.6 Å². The van der Waals surface area contributed by atoms with E-state index in [4.69, 9.17) is 5.73 Å². The molecule has 0 fully saturated rings. The van der Waals surface area contributed by atoms with Crippen molar-refractivity contribution in [1.82, 2.24) is 0 Å². The fourth-order valence-electron chi connectivity index (χ4n) is 3.34. The second kappa shape index (κ2) is 5.24. The fraction of sp³-hybridized carbons (Fsp3) is 0.158. The minimum atomic E-state index is -3.60. The zero-order valence-electron chi connectivity index (χ0n) is 13.4. The van der Waals surface area contributed by atoms with Crippen molar-refractivity contribution in [2.45, 2.75) is 18.2 Å². The predicted molar refractivity (Wildman–Crippen MR) is 97.8 cm³/mol. The molecule has 4 rings (SSSR count). The van der Waals surface area contributed by atoms with Gasteiger partial charge in [-0.1, -0.05) is 42.0 Å². The van der Waals surface area contributed by atoms with Crippen molar-refractivity contribution in [1.29, 1.82) is 0 Å². The lowest BCUT2D eigenvalue weighted by molar-refractivity contribution is 0.592. The highest BCUT2D eigenvalue weighted by Gasteiger charge is 2.33. The molecule has 0 atom stereocenters. The molecule has 1 heterocycles.